The number of hydrogen-bond donors (Lipinski definition) is 1. The Balaban J connectivity index is 1.93. The first-order chi connectivity index (χ1) is 10.8. The zero-order valence-electron chi connectivity index (χ0n) is 14.4. The maximum Gasteiger partial charge on any atom is 0.234 e. The Hall–Kier alpha value is -2.14. The lowest BCUT2D eigenvalue weighted by molar-refractivity contribution is -0.123. The summed E-state index contributed by atoms with van der Waals surface area (Å²) in [5.74, 6) is 0.987. The largest absolute Gasteiger partial charge is 0.350 e. The fourth-order valence-corrected chi connectivity index (χ4v) is 2.42. The summed E-state index contributed by atoms with van der Waals surface area (Å²) in [6.45, 7) is 7.73. The van der Waals surface area contributed by atoms with Crippen LogP contribution >= 0.6 is 0 Å². The highest BCUT2D eigenvalue weighted by Gasteiger charge is 2.16. The molecular formula is C18H26N4O. The van der Waals surface area contributed by atoms with Crippen molar-refractivity contribution in [2.75, 3.05) is 13.6 Å². The smallest absolute Gasteiger partial charge is 0.234 e. The van der Waals surface area contributed by atoms with Gasteiger partial charge in [-0.2, -0.15) is 0 Å². The van der Waals surface area contributed by atoms with E-state index in [0.29, 0.717) is 13.1 Å². The number of benzene rings is 1. The lowest BCUT2D eigenvalue weighted by Crippen LogP contribution is -2.45. The lowest BCUT2D eigenvalue weighted by Gasteiger charge is -2.23. The summed E-state index contributed by atoms with van der Waals surface area (Å²) < 4.78 is 2.12. The zero-order valence-corrected chi connectivity index (χ0v) is 14.4. The van der Waals surface area contributed by atoms with E-state index in [1.54, 1.807) is 6.20 Å². The van der Waals surface area contributed by atoms with Crippen LogP contribution in [0.5, 0.6) is 0 Å². The molecule has 5 heteroatoms. The van der Waals surface area contributed by atoms with E-state index in [1.165, 1.54) is 5.56 Å². The third-order valence-corrected chi connectivity index (χ3v) is 3.34. The molecule has 0 atom stereocenters. The minimum atomic E-state index is -0.205. The molecule has 0 spiro atoms. The maximum atomic E-state index is 12.0. The average Bonchev–Trinajstić information content (AvgIpc) is 2.84. The highest BCUT2D eigenvalue weighted by atomic mass is 16.2. The molecule has 0 unspecified atom stereocenters. The number of likely N-dealkylation sites (N-methyl/N-ethyl adjacent to an activating group) is 1. The van der Waals surface area contributed by atoms with Gasteiger partial charge in [0.15, 0.2) is 0 Å². The molecule has 1 heterocycles. The number of aromatic nitrogens is 2. The van der Waals surface area contributed by atoms with Crippen molar-refractivity contribution in [2.45, 2.75) is 39.4 Å². The third-order valence-electron chi connectivity index (χ3n) is 3.34. The number of carbonyl (C=O) groups excluding carboxylic acids is 1. The Morgan fingerprint density at radius 1 is 1.26 bits per heavy atom. The van der Waals surface area contributed by atoms with Crippen LogP contribution in [0.3, 0.4) is 0 Å². The van der Waals surface area contributed by atoms with E-state index in [0.717, 1.165) is 12.4 Å². The minimum Gasteiger partial charge on any atom is -0.350 e. The first-order valence-corrected chi connectivity index (χ1v) is 7.87. The van der Waals surface area contributed by atoms with E-state index in [2.05, 4.69) is 27.0 Å². The highest BCUT2D eigenvalue weighted by molar-refractivity contribution is 5.78. The van der Waals surface area contributed by atoms with Gasteiger partial charge in [-0.1, -0.05) is 30.3 Å². The number of hydrogen-bond acceptors (Lipinski definition) is 3. The fraction of sp³-hybridized carbons (Fsp3) is 0.444. The first-order valence-electron chi connectivity index (χ1n) is 7.87. The van der Waals surface area contributed by atoms with E-state index >= 15 is 0 Å². The van der Waals surface area contributed by atoms with Gasteiger partial charge >= 0.3 is 0 Å². The van der Waals surface area contributed by atoms with Crippen LogP contribution in [0, 0.1) is 0 Å². The summed E-state index contributed by atoms with van der Waals surface area (Å²) in [5, 5.41) is 2.98. The van der Waals surface area contributed by atoms with Crippen LogP contribution in [-0.4, -0.2) is 39.5 Å². The average molecular weight is 314 g/mol. The van der Waals surface area contributed by atoms with Crippen molar-refractivity contribution in [3.05, 3.63) is 54.1 Å². The Kier molecular flexibility index (Phi) is 5.55. The van der Waals surface area contributed by atoms with E-state index in [1.807, 2.05) is 57.1 Å². The highest BCUT2D eigenvalue weighted by Crippen LogP contribution is 2.07. The zero-order chi connectivity index (χ0) is 16.9. The molecule has 0 aliphatic heterocycles. The fourth-order valence-electron chi connectivity index (χ4n) is 2.42. The molecule has 2 aromatic rings. The summed E-state index contributed by atoms with van der Waals surface area (Å²) in [6.07, 6.45) is 3.78. The van der Waals surface area contributed by atoms with Gasteiger partial charge in [0.25, 0.3) is 0 Å². The van der Waals surface area contributed by atoms with Crippen molar-refractivity contribution in [3.63, 3.8) is 0 Å². The van der Waals surface area contributed by atoms with Crippen LogP contribution in [0.1, 0.15) is 32.2 Å². The van der Waals surface area contributed by atoms with E-state index in [9.17, 15) is 4.79 Å². The van der Waals surface area contributed by atoms with Crippen LogP contribution in [0.15, 0.2) is 42.7 Å². The molecule has 1 N–H and O–H groups in total. The SMILES string of the molecule is CN(CC(=O)NC(C)(C)C)Cc1nccn1Cc1ccccc1. The van der Waals surface area contributed by atoms with Gasteiger partial charge in [0, 0.05) is 24.5 Å². The molecule has 2 rings (SSSR count). The van der Waals surface area contributed by atoms with Crippen LogP contribution in [0.25, 0.3) is 0 Å². The second-order valence-electron chi connectivity index (χ2n) is 6.93. The van der Waals surface area contributed by atoms with Crippen molar-refractivity contribution < 1.29 is 4.79 Å². The Bertz CT molecular complexity index is 628. The molecule has 0 bridgehead atoms. The van der Waals surface area contributed by atoms with Crippen molar-refractivity contribution in [2.24, 2.45) is 0 Å². The summed E-state index contributed by atoms with van der Waals surface area (Å²) in [7, 11) is 1.93. The molecule has 0 aliphatic carbocycles. The Morgan fingerprint density at radius 3 is 2.61 bits per heavy atom. The van der Waals surface area contributed by atoms with Crippen molar-refractivity contribution in [1.29, 1.82) is 0 Å². The van der Waals surface area contributed by atoms with E-state index < -0.39 is 0 Å². The van der Waals surface area contributed by atoms with Gasteiger partial charge in [-0.25, -0.2) is 4.98 Å². The molecule has 0 fully saturated rings. The Morgan fingerprint density at radius 2 is 1.96 bits per heavy atom. The van der Waals surface area contributed by atoms with Crippen molar-refractivity contribution >= 4 is 5.91 Å². The van der Waals surface area contributed by atoms with Crippen LogP contribution in [0.2, 0.25) is 0 Å². The normalized spacial score (nSPS) is 11.7. The predicted octanol–water partition coefficient (Wildman–Crippen LogP) is 2.28. The molecule has 0 radical (unpaired) electrons. The van der Waals surface area contributed by atoms with Crippen LogP contribution < -0.4 is 5.32 Å². The molecule has 0 saturated heterocycles. The molecule has 5 nitrogen and oxygen atoms in total. The van der Waals surface area contributed by atoms with Gasteiger partial charge in [0.2, 0.25) is 5.91 Å². The molecule has 0 saturated carbocycles. The van der Waals surface area contributed by atoms with Gasteiger partial charge in [-0.3, -0.25) is 9.69 Å². The molecule has 0 aliphatic rings. The van der Waals surface area contributed by atoms with Crippen LogP contribution in [-0.2, 0) is 17.9 Å². The molecular weight excluding hydrogens is 288 g/mol. The summed E-state index contributed by atoms with van der Waals surface area (Å²) in [4.78, 5) is 18.4. The number of nitrogens with zero attached hydrogens (tertiary/aromatic N) is 3. The lowest BCUT2D eigenvalue weighted by atomic mass is 10.1. The monoisotopic (exact) mass is 314 g/mol. The quantitative estimate of drug-likeness (QED) is 0.890. The second kappa shape index (κ2) is 7.42. The number of imidazole rings is 1. The van der Waals surface area contributed by atoms with Crippen LogP contribution in [0.4, 0.5) is 0 Å². The number of nitrogens with one attached hydrogen (secondary N) is 1. The predicted molar refractivity (Wildman–Crippen MR) is 92.0 cm³/mol. The summed E-state index contributed by atoms with van der Waals surface area (Å²) >= 11 is 0. The second-order valence-corrected chi connectivity index (χ2v) is 6.93. The maximum absolute atomic E-state index is 12.0. The molecule has 124 valence electrons. The van der Waals surface area contributed by atoms with Crippen molar-refractivity contribution in [1.82, 2.24) is 19.8 Å². The van der Waals surface area contributed by atoms with Gasteiger partial charge in [-0.15, -0.1) is 0 Å². The van der Waals surface area contributed by atoms with Gasteiger partial charge in [0.1, 0.15) is 5.82 Å². The van der Waals surface area contributed by atoms with Gasteiger partial charge in [0.05, 0.1) is 13.1 Å². The van der Waals surface area contributed by atoms with E-state index in [4.69, 9.17) is 0 Å². The summed E-state index contributed by atoms with van der Waals surface area (Å²) in [5.41, 5.74) is 1.03. The molecule has 23 heavy (non-hydrogen) atoms. The molecule has 1 aromatic heterocycles. The number of amides is 1. The molecule has 1 amide bonds. The third kappa shape index (κ3) is 5.87. The van der Waals surface area contributed by atoms with Gasteiger partial charge in [-0.05, 0) is 33.4 Å². The summed E-state index contributed by atoms with van der Waals surface area (Å²) in [6, 6.07) is 10.3. The first kappa shape index (κ1) is 17.2. The van der Waals surface area contributed by atoms with Gasteiger partial charge < -0.3 is 9.88 Å². The number of rotatable bonds is 6. The number of carbonyl (C=O) groups is 1. The van der Waals surface area contributed by atoms with E-state index in [-0.39, 0.29) is 11.4 Å². The standard InChI is InChI=1S/C18H26N4O/c1-18(2,3)20-17(23)14-21(4)13-16-19-10-11-22(16)12-15-8-6-5-7-9-15/h5-11H,12-14H2,1-4H3,(H,20,23). The molecule has 1 aromatic carbocycles. The Labute approximate surface area is 138 Å². The van der Waals surface area contributed by atoms with Crippen molar-refractivity contribution in [3.8, 4) is 0 Å². The minimum absolute atomic E-state index is 0.0289. The topological polar surface area (TPSA) is 50.2 Å².